The number of nitrogens with one attached hydrogen (secondary N) is 1. The lowest BCUT2D eigenvalue weighted by Crippen LogP contribution is -2.47. The standard InChI is InChI=1S/C23H32N6O4/c1-5-27-8-10-28(11-9-27)22-24-20-19(21(31)25-23(32)26(20)4)29(22)13-17(30)14-33-18-7-6-15(2)16(3)12-18/h6-7,12,17,30H,5,8-11,13-14H2,1-4H3,(H,25,31,32). The molecule has 0 spiro atoms. The monoisotopic (exact) mass is 456 g/mol. The van der Waals surface area contributed by atoms with Crippen molar-refractivity contribution in [3.8, 4) is 5.75 Å². The summed E-state index contributed by atoms with van der Waals surface area (Å²) in [7, 11) is 1.58. The van der Waals surface area contributed by atoms with E-state index in [1.807, 2.05) is 32.0 Å². The molecule has 1 unspecified atom stereocenters. The lowest BCUT2D eigenvalue weighted by Gasteiger charge is -2.35. The SMILES string of the molecule is CCN1CCN(c2nc3c(c(=O)[nH]c(=O)n3C)n2CC(O)COc2ccc(C)c(C)c2)CC1. The number of anilines is 1. The van der Waals surface area contributed by atoms with Gasteiger partial charge in [-0.3, -0.25) is 14.3 Å². The van der Waals surface area contributed by atoms with Crippen molar-refractivity contribution in [1.82, 2.24) is 24.0 Å². The quantitative estimate of drug-likeness (QED) is 0.537. The minimum atomic E-state index is -0.878. The molecule has 2 N–H and O–H groups in total. The number of benzene rings is 1. The molecular weight excluding hydrogens is 424 g/mol. The highest BCUT2D eigenvalue weighted by atomic mass is 16.5. The average Bonchev–Trinajstić information content (AvgIpc) is 3.18. The molecule has 1 aromatic carbocycles. The summed E-state index contributed by atoms with van der Waals surface area (Å²) in [4.78, 5) is 36.3. The van der Waals surface area contributed by atoms with Gasteiger partial charge in [0, 0.05) is 33.2 Å². The number of aryl methyl sites for hydroxylation is 3. The Kier molecular flexibility index (Phi) is 6.57. The van der Waals surface area contributed by atoms with Crippen molar-refractivity contribution in [1.29, 1.82) is 0 Å². The van der Waals surface area contributed by atoms with Crippen molar-refractivity contribution >= 4 is 17.1 Å². The van der Waals surface area contributed by atoms with E-state index in [2.05, 4.69) is 26.7 Å². The number of imidazole rings is 1. The third-order valence-corrected chi connectivity index (χ3v) is 6.40. The van der Waals surface area contributed by atoms with Crippen LogP contribution in [0.5, 0.6) is 5.75 Å². The van der Waals surface area contributed by atoms with Crippen molar-refractivity contribution in [3.63, 3.8) is 0 Å². The zero-order valence-electron chi connectivity index (χ0n) is 19.7. The van der Waals surface area contributed by atoms with Crippen LogP contribution in [-0.4, -0.2) is 74.5 Å². The van der Waals surface area contributed by atoms with Crippen molar-refractivity contribution in [3.05, 3.63) is 50.2 Å². The maximum absolute atomic E-state index is 12.7. The number of aliphatic hydroxyl groups is 1. The summed E-state index contributed by atoms with van der Waals surface area (Å²) >= 11 is 0. The Morgan fingerprint density at radius 3 is 2.55 bits per heavy atom. The van der Waals surface area contributed by atoms with Crippen molar-refractivity contribution in [2.45, 2.75) is 33.4 Å². The number of nitrogens with zero attached hydrogens (tertiary/aromatic N) is 5. The van der Waals surface area contributed by atoms with Crippen LogP contribution >= 0.6 is 0 Å². The van der Waals surface area contributed by atoms with Crippen LogP contribution in [0.25, 0.3) is 11.2 Å². The van der Waals surface area contributed by atoms with E-state index in [0.29, 0.717) is 17.3 Å². The van der Waals surface area contributed by atoms with Crippen LogP contribution in [-0.2, 0) is 13.6 Å². The minimum Gasteiger partial charge on any atom is -0.491 e. The highest BCUT2D eigenvalue weighted by Crippen LogP contribution is 2.22. The molecule has 0 saturated carbocycles. The largest absolute Gasteiger partial charge is 0.491 e. The highest BCUT2D eigenvalue weighted by molar-refractivity contribution is 5.74. The number of H-pyrrole nitrogens is 1. The van der Waals surface area contributed by atoms with E-state index in [4.69, 9.17) is 4.74 Å². The molecule has 1 saturated heterocycles. The molecule has 1 fully saturated rings. The van der Waals surface area contributed by atoms with Crippen LogP contribution in [0.15, 0.2) is 27.8 Å². The van der Waals surface area contributed by atoms with E-state index in [-0.39, 0.29) is 18.7 Å². The van der Waals surface area contributed by atoms with Gasteiger partial charge in [0.25, 0.3) is 5.56 Å². The van der Waals surface area contributed by atoms with Gasteiger partial charge in [0.2, 0.25) is 5.95 Å². The molecule has 1 aliphatic rings. The first-order chi connectivity index (χ1) is 15.8. The number of hydrogen-bond acceptors (Lipinski definition) is 7. The van der Waals surface area contributed by atoms with Gasteiger partial charge < -0.3 is 24.2 Å². The van der Waals surface area contributed by atoms with Gasteiger partial charge in [0.15, 0.2) is 11.2 Å². The first-order valence-electron chi connectivity index (χ1n) is 11.3. The molecule has 10 nitrogen and oxygen atoms in total. The summed E-state index contributed by atoms with van der Waals surface area (Å²) in [5, 5.41) is 10.8. The predicted molar refractivity (Wildman–Crippen MR) is 127 cm³/mol. The van der Waals surface area contributed by atoms with E-state index < -0.39 is 17.4 Å². The predicted octanol–water partition coefficient (Wildman–Crippen LogP) is 0.622. The van der Waals surface area contributed by atoms with Crippen LogP contribution in [0.2, 0.25) is 0 Å². The molecule has 178 valence electrons. The van der Waals surface area contributed by atoms with Crippen molar-refractivity contribution < 1.29 is 9.84 Å². The lowest BCUT2D eigenvalue weighted by molar-refractivity contribution is 0.0935. The number of ether oxygens (including phenoxy) is 1. The number of rotatable bonds is 7. The van der Waals surface area contributed by atoms with E-state index in [0.717, 1.165) is 38.3 Å². The summed E-state index contributed by atoms with van der Waals surface area (Å²) in [5.74, 6) is 1.27. The summed E-state index contributed by atoms with van der Waals surface area (Å²) in [6.07, 6.45) is -0.878. The van der Waals surface area contributed by atoms with E-state index >= 15 is 0 Å². The van der Waals surface area contributed by atoms with E-state index in [1.165, 1.54) is 10.1 Å². The Hall–Kier alpha value is -3.11. The fourth-order valence-corrected chi connectivity index (χ4v) is 4.16. The van der Waals surface area contributed by atoms with Crippen LogP contribution in [0.4, 0.5) is 5.95 Å². The summed E-state index contributed by atoms with van der Waals surface area (Å²) in [5.41, 5.74) is 1.84. The van der Waals surface area contributed by atoms with Crippen LogP contribution in [0.3, 0.4) is 0 Å². The van der Waals surface area contributed by atoms with Gasteiger partial charge in [-0.05, 0) is 43.7 Å². The van der Waals surface area contributed by atoms with Crippen molar-refractivity contribution in [2.75, 3.05) is 44.2 Å². The molecule has 0 amide bonds. The summed E-state index contributed by atoms with van der Waals surface area (Å²) in [6, 6.07) is 5.79. The molecule has 4 rings (SSSR count). The lowest BCUT2D eigenvalue weighted by atomic mass is 10.1. The Labute approximate surface area is 192 Å². The van der Waals surface area contributed by atoms with Gasteiger partial charge in [-0.2, -0.15) is 4.98 Å². The van der Waals surface area contributed by atoms with E-state index in [9.17, 15) is 14.7 Å². The van der Waals surface area contributed by atoms with Gasteiger partial charge >= 0.3 is 5.69 Å². The third-order valence-electron chi connectivity index (χ3n) is 6.40. The van der Waals surface area contributed by atoms with Crippen LogP contribution < -0.4 is 20.9 Å². The molecule has 0 radical (unpaired) electrons. The Bertz CT molecular complexity index is 1250. The molecule has 33 heavy (non-hydrogen) atoms. The smallest absolute Gasteiger partial charge is 0.329 e. The van der Waals surface area contributed by atoms with Crippen molar-refractivity contribution in [2.24, 2.45) is 7.05 Å². The van der Waals surface area contributed by atoms with Gasteiger partial charge in [-0.1, -0.05) is 13.0 Å². The summed E-state index contributed by atoms with van der Waals surface area (Å²) < 4.78 is 8.85. The van der Waals surface area contributed by atoms with Crippen LogP contribution in [0.1, 0.15) is 18.1 Å². The van der Waals surface area contributed by atoms with Gasteiger partial charge in [0.1, 0.15) is 18.5 Å². The topological polar surface area (TPSA) is 109 Å². The summed E-state index contributed by atoms with van der Waals surface area (Å²) in [6.45, 7) is 10.6. The number of aliphatic hydroxyl groups excluding tert-OH is 1. The maximum Gasteiger partial charge on any atom is 0.329 e. The zero-order valence-corrected chi connectivity index (χ0v) is 19.7. The second-order valence-electron chi connectivity index (χ2n) is 8.65. The first-order valence-corrected chi connectivity index (χ1v) is 11.3. The molecule has 3 heterocycles. The highest BCUT2D eigenvalue weighted by Gasteiger charge is 2.25. The fraction of sp³-hybridized carbons (Fsp3) is 0.522. The molecule has 2 aromatic heterocycles. The Morgan fingerprint density at radius 1 is 1.15 bits per heavy atom. The Morgan fingerprint density at radius 2 is 1.88 bits per heavy atom. The van der Waals surface area contributed by atoms with Gasteiger partial charge in [-0.25, -0.2) is 4.79 Å². The third kappa shape index (κ3) is 4.67. The number of fused-ring (bicyclic) bond motifs is 1. The number of aromatic amines is 1. The number of aromatic nitrogens is 4. The van der Waals surface area contributed by atoms with Gasteiger partial charge in [-0.15, -0.1) is 0 Å². The molecule has 3 aromatic rings. The molecular formula is C23H32N6O4. The maximum atomic E-state index is 12.7. The number of likely N-dealkylation sites (N-methyl/N-ethyl adjacent to an activating group) is 1. The molecule has 1 atom stereocenters. The number of hydrogen-bond donors (Lipinski definition) is 2. The minimum absolute atomic E-state index is 0.0644. The fourth-order valence-electron chi connectivity index (χ4n) is 4.16. The second kappa shape index (κ2) is 9.40. The van der Waals surface area contributed by atoms with E-state index in [1.54, 1.807) is 11.6 Å². The molecule has 0 bridgehead atoms. The van der Waals surface area contributed by atoms with Gasteiger partial charge in [0.05, 0.1) is 6.54 Å². The molecule has 1 aliphatic heterocycles. The first kappa shape index (κ1) is 23.1. The second-order valence-corrected chi connectivity index (χ2v) is 8.65. The Balaban J connectivity index is 1.63. The normalized spacial score (nSPS) is 15.8. The molecule has 10 heteroatoms. The molecule has 0 aliphatic carbocycles. The average molecular weight is 457 g/mol. The zero-order chi connectivity index (χ0) is 23.7. The number of piperazine rings is 1. The van der Waals surface area contributed by atoms with Crippen LogP contribution in [0, 0.1) is 13.8 Å².